The molecule has 2 heterocycles. The predicted molar refractivity (Wildman–Crippen MR) is 56.2 cm³/mol. The minimum Gasteiger partial charge on any atom is -0.481 e. The molecule has 0 aromatic carbocycles. The van der Waals surface area contributed by atoms with Gasteiger partial charge in [-0.3, -0.25) is 9.69 Å². The van der Waals surface area contributed by atoms with Crippen LogP contribution >= 0.6 is 0 Å². The smallest absolute Gasteiger partial charge is 0.406 e. The highest BCUT2D eigenvalue weighted by atomic mass is 19.4. The Morgan fingerprint density at radius 2 is 2.22 bits per heavy atom. The number of carboxylic acid groups (broad SMARTS) is 1. The number of halogens is 3. The highest BCUT2D eigenvalue weighted by molar-refractivity contribution is 5.76. The van der Waals surface area contributed by atoms with E-state index in [1.807, 2.05) is 0 Å². The van der Waals surface area contributed by atoms with Crippen LogP contribution in [0, 0.1) is 5.41 Å². The van der Waals surface area contributed by atoms with E-state index in [2.05, 4.69) is 0 Å². The van der Waals surface area contributed by atoms with Gasteiger partial charge < -0.3 is 9.84 Å². The topological polar surface area (TPSA) is 49.8 Å². The molecule has 2 rings (SSSR count). The molecule has 0 aromatic heterocycles. The molecule has 0 radical (unpaired) electrons. The molecular formula is C11H16F3NO3. The summed E-state index contributed by atoms with van der Waals surface area (Å²) in [4.78, 5) is 12.5. The van der Waals surface area contributed by atoms with Crippen molar-refractivity contribution in [2.24, 2.45) is 5.41 Å². The third-order valence-electron chi connectivity index (χ3n) is 3.79. The Labute approximate surface area is 103 Å². The van der Waals surface area contributed by atoms with Crippen LogP contribution in [-0.2, 0) is 9.53 Å². The number of aliphatic carboxylic acids is 1. The summed E-state index contributed by atoms with van der Waals surface area (Å²) in [7, 11) is 0. The van der Waals surface area contributed by atoms with E-state index in [1.54, 1.807) is 4.90 Å². The van der Waals surface area contributed by atoms with Crippen molar-refractivity contribution in [2.45, 2.75) is 31.5 Å². The van der Waals surface area contributed by atoms with Gasteiger partial charge in [-0.2, -0.15) is 13.2 Å². The Morgan fingerprint density at radius 1 is 1.50 bits per heavy atom. The van der Waals surface area contributed by atoms with Gasteiger partial charge in [0, 0.05) is 19.7 Å². The predicted octanol–water partition coefficient (Wildman–Crippen LogP) is 1.50. The summed E-state index contributed by atoms with van der Waals surface area (Å²) in [5.41, 5.74) is -2.61. The van der Waals surface area contributed by atoms with Gasteiger partial charge in [-0.1, -0.05) is 0 Å². The quantitative estimate of drug-likeness (QED) is 0.842. The van der Waals surface area contributed by atoms with E-state index in [4.69, 9.17) is 9.84 Å². The number of hydrogen-bond acceptors (Lipinski definition) is 3. The summed E-state index contributed by atoms with van der Waals surface area (Å²) < 4.78 is 44.1. The lowest BCUT2D eigenvalue weighted by molar-refractivity contribution is -0.227. The monoisotopic (exact) mass is 267 g/mol. The van der Waals surface area contributed by atoms with E-state index in [0.29, 0.717) is 13.2 Å². The number of carboxylic acids is 1. The molecule has 4 nitrogen and oxygen atoms in total. The molecule has 2 saturated heterocycles. The Morgan fingerprint density at radius 3 is 2.67 bits per heavy atom. The summed E-state index contributed by atoms with van der Waals surface area (Å²) in [6.45, 7) is 0.727. The van der Waals surface area contributed by atoms with Crippen LogP contribution in [0.5, 0.6) is 0 Å². The average Bonchev–Trinajstić information content (AvgIpc) is 2.86. The molecule has 2 atom stereocenters. The van der Waals surface area contributed by atoms with E-state index < -0.39 is 24.1 Å². The van der Waals surface area contributed by atoms with E-state index in [1.165, 1.54) is 0 Å². The zero-order valence-electron chi connectivity index (χ0n) is 9.87. The average molecular weight is 267 g/mol. The van der Waals surface area contributed by atoms with Crippen molar-refractivity contribution >= 4 is 5.97 Å². The molecule has 2 unspecified atom stereocenters. The van der Waals surface area contributed by atoms with Gasteiger partial charge in [0.25, 0.3) is 0 Å². The summed E-state index contributed by atoms with van der Waals surface area (Å²) in [5, 5.41) is 8.90. The van der Waals surface area contributed by atoms with Crippen LogP contribution in [0.2, 0.25) is 0 Å². The second-order valence-corrected chi connectivity index (χ2v) is 5.01. The number of ether oxygens (including phenoxy) is 1. The van der Waals surface area contributed by atoms with Crippen LogP contribution in [0.25, 0.3) is 0 Å². The summed E-state index contributed by atoms with van der Waals surface area (Å²) in [5.74, 6) is -1.77. The molecule has 0 saturated carbocycles. The molecule has 0 aliphatic carbocycles. The maximum Gasteiger partial charge on any atom is 0.406 e. The standard InChI is InChI=1S/C11H16F3NO3/c12-11(13,14)10(9(16)17)3-4-15(7-10)6-8-2-1-5-18-8/h8H,1-7H2,(H,16,17). The van der Waals surface area contributed by atoms with Gasteiger partial charge in [0.1, 0.15) is 0 Å². The highest BCUT2D eigenvalue weighted by Gasteiger charge is 2.63. The third-order valence-corrected chi connectivity index (χ3v) is 3.79. The maximum absolute atomic E-state index is 12.9. The second-order valence-electron chi connectivity index (χ2n) is 5.01. The normalized spacial score (nSPS) is 34.1. The van der Waals surface area contributed by atoms with E-state index >= 15 is 0 Å². The van der Waals surface area contributed by atoms with Crippen molar-refractivity contribution in [3.05, 3.63) is 0 Å². The van der Waals surface area contributed by atoms with Crippen molar-refractivity contribution < 1.29 is 27.8 Å². The minimum absolute atomic E-state index is 0.0529. The Kier molecular flexibility index (Phi) is 3.55. The summed E-state index contributed by atoms with van der Waals surface area (Å²) in [6, 6.07) is 0. The van der Waals surface area contributed by atoms with Gasteiger partial charge in [0.05, 0.1) is 6.10 Å². The van der Waals surface area contributed by atoms with Gasteiger partial charge in [0.15, 0.2) is 5.41 Å². The molecule has 0 aromatic rings. The summed E-state index contributed by atoms with van der Waals surface area (Å²) >= 11 is 0. The number of alkyl halides is 3. The van der Waals surface area contributed by atoms with Crippen molar-refractivity contribution in [1.29, 1.82) is 0 Å². The van der Waals surface area contributed by atoms with Crippen molar-refractivity contribution in [1.82, 2.24) is 4.90 Å². The molecule has 0 bridgehead atoms. The van der Waals surface area contributed by atoms with Crippen LogP contribution < -0.4 is 0 Å². The van der Waals surface area contributed by atoms with Gasteiger partial charge in [-0.05, 0) is 25.8 Å². The highest BCUT2D eigenvalue weighted by Crippen LogP contribution is 2.45. The number of nitrogens with zero attached hydrogens (tertiary/aromatic N) is 1. The number of rotatable bonds is 3. The number of likely N-dealkylation sites (tertiary alicyclic amines) is 1. The molecule has 2 fully saturated rings. The fourth-order valence-corrected chi connectivity index (χ4v) is 2.65. The first-order valence-electron chi connectivity index (χ1n) is 5.99. The zero-order valence-corrected chi connectivity index (χ0v) is 9.87. The van der Waals surface area contributed by atoms with Gasteiger partial charge in [0.2, 0.25) is 0 Å². The SMILES string of the molecule is O=C(O)C1(C(F)(F)F)CCN(CC2CCCO2)C1. The molecule has 7 heteroatoms. The minimum atomic E-state index is -4.70. The Bertz CT molecular complexity index is 328. The lowest BCUT2D eigenvalue weighted by atomic mass is 9.86. The van der Waals surface area contributed by atoms with E-state index in [0.717, 1.165) is 12.8 Å². The summed E-state index contributed by atoms with van der Waals surface area (Å²) in [6.07, 6.45) is -3.38. The molecule has 0 spiro atoms. The van der Waals surface area contributed by atoms with Crippen molar-refractivity contribution in [2.75, 3.05) is 26.2 Å². The van der Waals surface area contributed by atoms with Crippen molar-refractivity contribution in [3.8, 4) is 0 Å². The lowest BCUT2D eigenvalue weighted by Crippen LogP contribution is -2.47. The fraction of sp³-hybridized carbons (Fsp3) is 0.909. The Hall–Kier alpha value is -0.820. The van der Waals surface area contributed by atoms with Crippen LogP contribution in [0.3, 0.4) is 0 Å². The van der Waals surface area contributed by atoms with Gasteiger partial charge >= 0.3 is 12.1 Å². The van der Waals surface area contributed by atoms with Crippen LogP contribution in [0.4, 0.5) is 13.2 Å². The molecule has 104 valence electrons. The second kappa shape index (κ2) is 4.70. The number of hydrogen-bond donors (Lipinski definition) is 1. The lowest BCUT2D eigenvalue weighted by Gasteiger charge is -2.28. The molecule has 1 N–H and O–H groups in total. The number of carbonyl (C=O) groups is 1. The molecule has 2 aliphatic heterocycles. The first kappa shape index (κ1) is 13.6. The molecule has 0 amide bonds. The molecular weight excluding hydrogens is 251 g/mol. The molecule has 2 aliphatic rings. The third kappa shape index (κ3) is 2.33. The first-order valence-corrected chi connectivity index (χ1v) is 5.99. The molecule has 18 heavy (non-hydrogen) atoms. The zero-order chi connectivity index (χ0) is 13.4. The van der Waals surface area contributed by atoms with Gasteiger partial charge in [-0.15, -0.1) is 0 Å². The first-order chi connectivity index (χ1) is 8.35. The van der Waals surface area contributed by atoms with E-state index in [9.17, 15) is 18.0 Å². The fourth-order valence-electron chi connectivity index (χ4n) is 2.65. The van der Waals surface area contributed by atoms with Crippen molar-refractivity contribution in [3.63, 3.8) is 0 Å². The maximum atomic E-state index is 12.9. The Balaban J connectivity index is 2.02. The largest absolute Gasteiger partial charge is 0.481 e. The van der Waals surface area contributed by atoms with Gasteiger partial charge in [-0.25, -0.2) is 0 Å². The van der Waals surface area contributed by atoms with E-state index in [-0.39, 0.29) is 19.1 Å². The van der Waals surface area contributed by atoms with Crippen LogP contribution in [0.15, 0.2) is 0 Å². The van der Waals surface area contributed by atoms with Crippen LogP contribution in [-0.4, -0.2) is 54.5 Å². The van der Waals surface area contributed by atoms with Crippen LogP contribution in [0.1, 0.15) is 19.3 Å².